The van der Waals surface area contributed by atoms with E-state index in [-0.39, 0.29) is 18.1 Å². The Morgan fingerprint density at radius 3 is 2.85 bits per heavy atom. The first kappa shape index (κ1) is 9.18. The topological polar surface area (TPSA) is 82.5 Å². The number of rotatable bonds is 3. The van der Waals surface area contributed by atoms with Crippen molar-refractivity contribution in [3.63, 3.8) is 0 Å². The molecule has 70 valence electrons. The monoisotopic (exact) mass is 183 g/mol. The molecule has 0 aliphatic rings. The summed E-state index contributed by atoms with van der Waals surface area (Å²) in [6.07, 6.45) is 1.40. The standard InChI is InChI=1S/C8H9NO4/c1-2-3-13-8(12)5-4-6(10)9-7(5)11/h2,4,9-11H,1,3H2. The van der Waals surface area contributed by atoms with E-state index in [0.29, 0.717) is 0 Å². The van der Waals surface area contributed by atoms with Crippen molar-refractivity contribution < 1.29 is 19.7 Å². The van der Waals surface area contributed by atoms with Gasteiger partial charge in [0.15, 0.2) is 5.88 Å². The largest absolute Gasteiger partial charge is 0.494 e. The predicted molar refractivity (Wildman–Crippen MR) is 44.6 cm³/mol. The summed E-state index contributed by atoms with van der Waals surface area (Å²) in [5, 5.41) is 17.9. The summed E-state index contributed by atoms with van der Waals surface area (Å²) in [5.74, 6) is -1.41. The van der Waals surface area contributed by atoms with Gasteiger partial charge in [-0.25, -0.2) is 4.79 Å². The second-order valence-corrected chi connectivity index (χ2v) is 2.30. The summed E-state index contributed by atoms with van der Waals surface area (Å²) in [4.78, 5) is 13.2. The predicted octanol–water partition coefficient (Wildman–Crippen LogP) is 0.769. The zero-order valence-corrected chi connectivity index (χ0v) is 6.78. The Bertz CT molecular complexity index is 329. The van der Waals surface area contributed by atoms with E-state index in [2.05, 4.69) is 16.3 Å². The number of ether oxygens (including phenoxy) is 1. The summed E-state index contributed by atoms with van der Waals surface area (Å²) >= 11 is 0. The van der Waals surface area contributed by atoms with Gasteiger partial charge in [0.2, 0.25) is 5.88 Å². The lowest BCUT2D eigenvalue weighted by Gasteiger charge is -1.98. The lowest BCUT2D eigenvalue weighted by molar-refractivity contribution is 0.0546. The summed E-state index contributed by atoms with van der Waals surface area (Å²) < 4.78 is 4.62. The number of carbonyl (C=O) groups excluding carboxylic acids is 1. The van der Waals surface area contributed by atoms with Crippen molar-refractivity contribution in [1.29, 1.82) is 0 Å². The van der Waals surface area contributed by atoms with E-state index in [0.717, 1.165) is 6.07 Å². The van der Waals surface area contributed by atoms with Crippen molar-refractivity contribution in [3.8, 4) is 11.8 Å². The molecular formula is C8H9NO4. The molecule has 0 aliphatic carbocycles. The molecule has 0 aliphatic heterocycles. The highest BCUT2D eigenvalue weighted by molar-refractivity contribution is 5.92. The molecular weight excluding hydrogens is 174 g/mol. The average molecular weight is 183 g/mol. The number of aromatic amines is 1. The first-order valence-electron chi connectivity index (χ1n) is 3.54. The Kier molecular flexibility index (Phi) is 2.59. The molecule has 0 amide bonds. The Labute approximate surface area is 74.3 Å². The minimum absolute atomic E-state index is 0.0597. The molecule has 13 heavy (non-hydrogen) atoms. The lowest BCUT2D eigenvalue weighted by atomic mass is 10.3. The number of carbonyl (C=O) groups is 1. The van der Waals surface area contributed by atoms with Gasteiger partial charge in [-0.2, -0.15) is 0 Å². The van der Waals surface area contributed by atoms with Crippen molar-refractivity contribution in [2.24, 2.45) is 0 Å². The molecule has 5 heteroatoms. The molecule has 1 rings (SSSR count). The minimum Gasteiger partial charge on any atom is -0.494 e. The van der Waals surface area contributed by atoms with Crippen LogP contribution in [0.2, 0.25) is 0 Å². The molecule has 0 saturated carbocycles. The van der Waals surface area contributed by atoms with Gasteiger partial charge in [0, 0.05) is 6.07 Å². The fraction of sp³-hybridized carbons (Fsp3) is 0.125. The fourth-order valence-corrected chi connectivity index (χ4v) is 0.798. The Hall–Kier alpha value is -1.91. The smallest absolute Gasteiger partial charge is 0.344 e. The first-order chi connectivity index (χ1) is 6.15. The number of hydrogen-bond acceptors (Lipinski definition) is 4. The normalized spacial score (nSPS) is 9.54. The van der Waals surface area contributed by atoms with Gasteiger partial charge in [0.1, 0.15) is 12.2 Å². The second kappa shape index (κ2) is 3.66. The maximum atomic E-state index is 11.1. The SMILES string of the molecule is C=CCOC(=O)c1cc(O)[nH]c1O. The second-order valence-electron chi connectivity index (χ2n) is 2.30. The molecule has 5 nitrogen and oxygen atoms in total. The molecule has 1 aromatic rings. The van der Waals surface area contributed by atoms with Gasteiger partial charge in [-0.15, -0.1) is 0 Å². The molecule has 1 heterocycles. The number of H-pyrrole nitrogens is 1. The van der Waals surface area contributed by atoms with Gasteiger partial charge in [-0.3, -0.25) is 4.98 Å². The number of aromatic nitrogens is 1. The minimum atomic E-state index is -0.714. The van der Waals surface area contributed by atoms with Crippen LogP contribution in [0.4, 0.5) is 0 Å². The molecule has 0 atom stereocenters. The highest BCUT2D eigenvalue weighted by atomic mass is 16.5. The van der Waals surface area contributed by atoms with E-state index in [1.807, 2.05) is 0 Å². The quantitative estimate of drug-likeness (QED) is 0.477. The lowest BCUT2D eigenvalue weighted by Crippen LogP contribution is -2.03. The van der Waals surface area contributed by atoms with Gasteiger partial charge in [0.25, 0.3) is 0 Å². The van der Waals surface area contributed by atoms with Crippen molar-refractivity contribution in [3.05, 3.63) is 24.3 Å². The van der Waals surface area contributed by atoms with E-state index in [1.165, 1.54) is 6.08 Å². The molecule has 0 fully saturated rings. The van der Waals surface area contributed by atoms with E-state index >= 15 is 0 Å². The van der Waals surface area contributed by atoms with Crippen molar-refractivity contribution >= 4 is 5.97 Å². The Balaban J connectivity index is 2.76. The third kappa shape index (κ3) is 2.02. The van der Waals surface area contributed by atoms with Crippen LogP contribution in [0.3, 0.4) is 0 Å². The van der Waals surface area contributed by atoms with Crippen molar-refractivity contribution in [1.82, 2.24) is 4.98 Å². The zero-order chi connectivity index (χ0) is 9.84. The van der Waals surface area contributed by atoms with Gasteiger partial charge in [-0.05, 0) is 0 Å². The maximum Gasteiger partial charge on any atom is 0.344 e. The molecule has 3 N–H and O–H groups in total. The number of hydrogen-bond donors (Lipinski definition) is 3. The third-order valence-electron chi connectivity index (χ3n) is 1.33. The van der Waals surface area contributed by atoms with Crippen LogP contribution in [-0.2, 0) is 4.74 Å². The zero-order valence-electron chi connectivity index (χ0n) is 6.78. The molecule has 0 unspecified atom stereocenters. The van der Waals surface area contributed by atoms with E-state index < -0.39 is 11.8 Å². The number of nitrogens with one attached hydrogen (secondary N) is 1. The van der Waals surface area contributed by atoms with Crippen LogP contribution in [0.1, 0.15) is 10.4 Å². The Morgan fingerprint density at radius 2 is 2.38 bits per heavy atom. The molecule has 1 aromatic heterocycles. The van der Waals surface area contributed by atoms with Crippen LogP contribution < -0.4 is 0 Å². The van der Waals surface area contributed by atoms with Gasteiger partial charge >= 0.3 is 5.97 Å². The highest BCUT2D eigenvalue weighted by Gasteiger charge is 2.15. The maximum absolute atomic E-state index is 11.1. The summed E-state index contributed by atoms with van der Waals surface area (Å²) in [6, 6.07) is 1.08. The average Bonchev–Trinajstić information content (AvgIpc) is 2.41. The van der Waals surface area contributed by atoms with Gasteiger partial charge < -0.3 is 14.9 Å². The molecule has 0 saturated heterocycles. The molecule has 0 bridgehead atoms. The Morgan fingerprint density at radius 1 is 1.69 bits per heavy atom. The summed E-state index contributed by atoms with van der Waals surface area (Å²) in [6.45, 7) is 3.42. The molecule has 0 aromatic carbocycles. The summed E-state index contributed by atoms with van der Waals surface area (Å²) in [7, 11) is 0. The van der Waals surface area contributed by atoms with E-state index in [1.54, 1.807) is 0 Å². The molecule has 0 spiro atoms. The van der Waals surface area contributed by atoms with Gasteiger partial charge in [-0.1, -0.05) is 12.7 Å². The third-order valence-corrected chi connectivity index (χ3v) is 1.33. The summed E-state index contributed by atoms with van der Waals surface area (Å²) in [5.41, 5.74) is -0.0978. The van der Waals surface area contributed by atoms with Crippen LogP contribution in [-0.4, -0.2) is 27.8 Å². The van der Waals surface area contributed by atoms with Crippen LogP contribution in [0.25, 0.3) is 0 Å². The van der Waals surface area contributed by atoms with Crippen LogP contribution in [0, 0.1) is 0 Å². The van der Waals surface area contributed by atoms with Crippen molar-refractivity contribution in [2.45, 2.75) is 0 Å². The fourth-order valence-electron chi connectivity index (χ4n) is 0.798. The number of esters is 1. The van der Waals surface area contributed by atoms with E-state index in [4.69, 9.17) is 10.2 Å². The number of aromatic hydroxyl groups is 2. The van der Waals surface area contributed by atoms with Crippen LogP contribution >= 0.6 is 0 Å². The first-order valence-corrected chi connectivity index (χ1v) is 3.54. The highest BCUT2D eigenvalue weighted by Crippen LogP contribution is 2.21. The van der Waals surface area contributed by atoms with Gasteiger partial charge in [0.05, 0.1) is 0 Å². The van der Waals surface area contributed by atoms with E-state index in [9.17, 15) is 4.79 Å². The molecule has 0 radical (unpaired) electrons. The van der Waals surface area contributed by atoms with Crippen molar-refractivity contribution in [2.75, 3.05) is 6.61 Å². The van der Waals surface area contributed by atoms with Crippen LogP contribution in [0.5, 0.6) is 11.8 Å². The van der Waals surface area contributed by atoms with Crippen LogP contribution in [0.15, 0.2) is 18.7 Å².